The monoisotopic (exact) mass is 268 g/mol. The number of hydrogen-bond acceptors (Lipinski definition) is 3. The Morgan fingerprint density at radius 3 is 1.95 bits per heavy atom. The fourth-order valence-corrected chi connectivity index (χ4v) is 3.80. The van der Waals surface area contributed by atoms with Crippen LogP contribution in [0.1, 0.15) is 54.9 Å². The Bertz CT molecular complexity index is 348. The Labute approximate surface area is 118 Å². The van der Waals surface area contributed by atoms with E-state index in [0.717, 1.165) is 19.6 Å². The summed E-state index contributed by atoms with van der Waals surface area (Å²) in [6, 6.07) is 0.572. The zero-order valence-corrected chi connectivity index (χ0v) is 13.8. The fraction of sp³-hybridized carbons (Fsp3) is 1.00. The molecular formula is C16H32N2O. The molecule has 0 bridgehead atoms. The number of hydrogen-bond donors (Lipinski definition) is 2. The average Bonchev–Trinajstić information content (AvgIpc) is 2.66. The van der Waals surface area contributed by atoms with Gasteiger partial charge in [-0.2, -0.15) is 0 Å². The molecule has 2 aliphatic rings. The summed E-state index contributed by atoms with van der Waals surface area (Å²) in [6.07, 6.45) is 1.28. The molecule has 112 valence electrons. The van der Waals surface area contributed by atoms with E-state index in [9.17, 15) is 0 Å². The third-order valence-corrected chi connectivity index (χ3v) is 6.65. The van der Waals surface area contributed by atoms with E-state index in [1.165, 1.54) is 0 Å². The highest BCUT2D eigenvalue weighted by atomic mass is 16.5. The minimum atomic E-state index is -0.137. The molecule has 2 atom stereocenters. The van der Waals surface area contributed by atoms with Gasteiger partial charge < -0.3 is 15.8 Å². The number of rotatable bonds is 5. The summed E-state index contributed by atoms with van der Waals surface area (Å²) in [4.78, 5) is 0. The van der Waals surface area contributed by atoms with Crippen molar-refractivity contribution in [3.63, 3.8) is 0 Å². The summed E-state index contributed by atoms with van der Waals surface area (Å²) >= 11 is 0. The summed E-state index contributed by atoms with van der Waals surface area (Å²) in [5.74, 6) is 0. The van der Waals surface area contributed by atoms with Gasteiger partial charge in [0.15, 0.2) is 0 Å². The van der Waals surface area contributed by atoms with Crippen molar-refractivity contribution in [1.82, 2.24) is 5.32 Å². The van der Waals surface area contributed by atoms with Crippen LogP contribution in [0.15, 0.2) is 0 Å². The average molecular weight is 268 g/mol. The molecule has 19 heavy (non-hydrogen) atoms. The second-order valence-electron chi connectivity index (χ2n) is 8.28. The quantitative estimate of drug-likeness (QED) is 0.805. The second-order valence-corrected chi connectivity index (χ2v) is 8.28. The van der Waals surface area contributed by atoms with Crippen LogP contribution in [-0.2, 0) is 4.74 Å². The molecule has 3 nitrogen and oxygen atoms in total. The number of nitrogens with one attached hydrogen (secondary N) is 1. The van der Waals surface area contributed by atoms with Crippen molar-refractivity contribution in [3.8, 4) is 0 Å². The zero-order chi connectivity index (χ0) is 14.7. The van der Waals surface area contributed by atoms with Crippen molar-refractivity contribution >= 4 is 0 Å². The Balaban J connectivity index is 1.91. The van der Waals surface area contributed by atoms with Crippen molar-refractivity contribution in [1.29, 1.82) is 0 Å². The fourth-order valence-electron chi connectivity index (χ4n) is 3.80. The Hall–Kier alpha value is -0.120. The van der Waals surface area contributed by atoms with Gasteiger partial charge >= 0.3 is 0 Å². The first-order valence-corrected chi connectivity index (χ1v) is 7.64. The van der Waals surface area contributed by atoms with E-state index in [-0.39, 0.29) is 11.0 Å². The Kier molecular flexibility index (Phi) is 3.37. The predicted octanol–water partition coefficient (Wildman–Crippen LogP) is 2.54. The second kappa shape index (κ2) is 4.19. The third-order valence-electron chi connectivity index (χ3n) is 6.65. The normalized spacial score (nSPS) is 38.8. The summed E-state index contributed by atoms with van der Waals surface area (Å²) < 4.78 is 5.79. The summed E-state index contributed by atoms with van der Waals surface area (Å²) in [7, 11) is 0. The van der Waals surface area contributed by atoms with Gasteiger partial charge in [0, 0.05) is 30.1 Å². The summed E-state index contributed by atoms with van der Waals surface area (Å²) in [5, 5.41) is 3.72. The number of nitrogens with two attached hydrogens (primary N) is 1. The summed E-state index contributed by atoms with van der Waals surface area (Å²) in [5.41, 5.74) is 7.27. The first-order chi connectivity index (χ1) is 8.50. The third kappa shape index (κ3) is 1.97. The van der Waals surface area contributed by atoms with Crippen molar-refractivity contribution in [2.45, 2.75) is 72.6 Å². The van der Waals surface area contributed by atoms with E-state index >= 15 is 0 Å². The Morgan fingerprint density at radius 2 is 1.58 bits per heavy atom. The van der Waals surface area contributed by atoms with Crippen molar-refractivity contribution in [3.05, 3.63) is 0 Å². The molecule has 2 aliphatic carbocycles. The maximum Gasteiger partial charge on any atom is 0.0662 e. The lowest BCUT2D eigenvalue weighted by Crippen LogP contribution is -2.73. The molecule has 0 amide bonds. The molecule has 0 saturated heterocycles. The smallest absolute Gasteiger partial charge is 0.0662 e. The van der Waals surface area contributed by atoms with Gasteiger partial charge in [-0.25, -0.2) is 0 Å². The first kappa shape index (κ1) is 15.3. The lowest BCUT2D eigenvalue weighted by Gasteiger charge is -2.59. The zero-order valence-electron chi connectivity index (χ0n) is 13.8. The van der Waals surface area contributed by atoms with Gasteiger partial charge in [-0.15, -0.1) is 0 Å². The highest BCUT2D eigenvalue weighted by Crippen LogP contribution is 2.63. The lowest BCUT2D eigenvalue weighted by molar-refractivity contribution is -0.148. The SMILES string of the molecule is CCOC1CC(N)(CNC2C(C)(C)C2(C)C)C1(C)C. The van der Waals surface area contributed by atoms with Crippen molar-refractivity contribution < 1.29 is 4.74 Å². The van der Waals surface area contributed by atoms with E-state index in [1.54, 1.807) is 0 Å². The van der Waals surface area contributed by atoms with Crippen LogP contribution in [0, 0.1) is 16.2 Å². The maximum atomic E-state index is 6.61. The van der Waals surface area contributed by atoms with Crippen LogP contribution in [0.25, 0.3) is 0 Å². The lowest BCUT2D eigenvalue weighted by atomic mass is 9.54. The van der Waals surface area contributed by atoms with E-state index in [1.807, 2.05) is 0 Å². The van der Waals surface area contributed by atoms with Gasteiger partial charge in [0.2, 0.25) is 0 Å². The van der Waals surface area contributed by atoms with Crippen LogP contribution in [0.4, 0.5) is 0 Å². The molecule has 2 rings (SSSR count). The minimum Gasteiger partial charge on any atom is -0.378 e. The van der Waals surface area contributed by atoms with Gasteiger partial charge in [-0.3, -0.25) is 0 Å². The molecule has 2 saturated carbocycles. The van der Waals surface area contributed by atoms with Crippen LogP contribution < -0.4 is 11.1 Å². The number of ether oxygens (including phenoxy) is 1. The van der Waals surface area contributed by atoms with Gasteiger partial charge in [-0.05, 0) is 24.2 Å². The minimum absolute atomic E-state index is 0.0547. The van der Waals surface area contributed by atoms with Crippen LogP contribution in [0.2, 0.25) is 0 Å². The molecule has 0 spiro atoms. The molecule has 0 aromatic rings. The molecule has 0 aromatic carbocycles. The van der Waals surface area contributed by atoms with Gasteiger partial charge in [0.05, 0.1) is 6.10 Å². The van der Waals surface area contributed by atoms with Gasteiger partial charge in [-0.1, -0.05) is 41.5 Å². The predicted molar refractivity (Wildman–Crippen MR) is 80.1 cm³/mol. The molecule has 0 heterocycles. The molecule has 2 unspecified atom stereocenters. The van der Waals surface area contributed by atoms with Gasteiger partial charge in [0.25, 0.3) is 0 Å². The van der Waals surface area contributed by atoms with E-state index in [4.69, 9.17) is 10.5 Å². The van der Waals surface area contributed by atoms with Crippen molar-refractivity contribution in [2.75, 3.05) is 13.2 Å². The largest absolute Gasteiger partial charge is 0.378 e. The topological polar surface area (TPSA) is 47.3 Å². The Morgan fingerprint density at radius 1 is 1.05 bits per heavy atom. The molecule has 3 heteroatoms. The van der Waals surface area contributed by atoms with Crippen LogP contribution >= 0.6 is 0 Å². The van der Waals surface area contributed by atoms with E-state index < -0.39 is 0 Å². The summed E-state index contributed by atoms with van der Waals surface area (Å²) in [6.45, 7) is 17.5. The maximum absolute atomic E-state index is 6.61. The first-order valence-electron chi connectivity index (χ1n) is 7.64. The molecular weight excluding hydrogens is 236 g/mol. The van der Waals surface area contributed by atoms with E-state index in [0.29, 0.717) is 23.0 Å². The molecule has 0 radical (unpaired) electrons. The van der Waals surface area contributed by atoms with Crippen LogP contribution in [-0.4, -0.2) is 30.8 Å². The van der Waals surface area contributed by atoms with E-state index in [2.05, 4.69) is 53.8 Å². The molecule has 2 fully saturated rings. The van der Waals surface area contributed by atoms with Gasteiger partial charge in [0.1, 0.15) is 0 Å². The highest BCUT2D eigenvalue weighted by Gasteiger charge is 2.66. The highest BCUT2D eigenvalue weighted by molar-refractivity contribution is 5.20. The van der Waals surface area contributed by atoms with Crippen LogP contribution in [0.3, 0.4) is 0 Å². The standard InChI is InChI=1S/C16H32N2O/c1-8-19-11-9-16(17,13(11,2)3)10-18-12-14(4,5)15(12,6)7/h11-12,18H,8-10,17H2,1-7H3. The van der Waals surface area contributed by atoms with Crippen molar-refractivity contribution in [2.24, 2.45) is 22.0 Å². The van der Waals surface area contributed by atoms with Crippen LogP contribution in [0.5, 0.6) is 0 Å². The molecule has 3 N–H and O–H groups in total. The molecule has 0 aliphatic heterocycles. The molecule has 0 aromatic heterocycles.